The number of rotatable bonds is 3. The van der Waals surface area contributed by atoms with Gasteiger partial charge in [0.2, 0.25) is 0 Å². The fourth-order valence-corrected chi connectivity index (χ4v) is 0.748. The molecule has 0 aliphatic heterocycles. The van der Waals surface area contributed by atoms with Crippen molar-refractivity contribution in [2.24, 2.45) is 0 Å². The molecular weight excluding hydrogens is 170 g/mol. The first kappa shape index (κ1) is 9.54. The quantitative estimate of drug-likeness (QED) is 0.722. The van der Waals surface area contributed by atoms with E-state index in [0.29, 0.717) is 12.4 Å². The molecule has 0 saturated heterocycles. The fraction of sp³-hybridized carbons (Fsp3) is 0.222. The number of para-hydroxylation sites is 1. The van der Waals surface area contributed by atoms with Gasteiger partial charge in [0.25, 0.3) is 0 Å². The Labute approximate surface area is 76.4 Å². The highest BCUT2D eigenvalue weighted by Gasteiger charge is 2.01. The zero-order valence-electron chi connectivity index (χ0n) is 7.32. The molecule has 0 radical (unpaired) electrons. The van der Waals surface area contributed by atoms with Crippen LogP contribution >= 0.6 is 0 Å². The van der Waals surface area contributed by atoms with Crippen LogP contribution in [0.4, 0.5) is 4.79 Å². The maximum absolute atomic E-state index is 10.9. The highest BCUT2D eigenvalue weighted by Crippen LogP contribution is 2.07. The van der Waals surface area contributed by atoms with Crippen molar-refractivity contribution < 1.29 is 14.4 Å². The number of ether oxygens (including phenoxy) is 1. The first-order chi connectivity index (χ1) is 6.33. The number of hydrogen-bond acceptors (Lipinski definition) is 3. The summed E-state index contributed by atoms with van der Waals surface area (Å²) in [4.78, 5) is 15.6. The largest absolute Gasteiger partial charge is 0.436 e. The summed E-state index contributed by atoms with van der Waals surface area (Å²) in [5, 5.41) is 0. The highest BCUT2D eigenvalue weighted by molar-refractivity contribution is 5.68. The summed E-state index contributed by atoms with van der Waals surface area (Å²) < 4.78 is 4.84. The van der Waals surface area contributed by atoms with E-state index in [4.69, 9.17) is 4.74 Å². The molecule has 0 atom stereocenters. The van der Waals surface area contributed by atoms with E-state index in [2.05, 4.69) is 10.3 Å². The van der Waals surface area contributed by atoms with Gasteiger partial charge in [0.05, 0.1) is 6.61 Å². The average molecular weight is 181 g/mol. The van der Waals surface area contributed by atoms with E-state index >= 15 is 0 Å². The molecule has 1 aromatic rings. The Hall–Kier alpha value is -1.55. The zero-order valence-corrected chi connectivity index (χ0v) is 7.32. The van der Waals surface area contributed by atoms with Gasteiger partial charge in [0, 0.05) is 0 Å². The predicted octanol–water partition coefficient (Wildman–Crippen LogP) is 1.73. The van der Waals surface area contributed by atoms with Crippen molar-refractivity contribution in [1.82, 2.24) is 5.48 Å². The molecule has 1 aromatic carbocycles. The number of amides is 1. The lowest BCUT2D eigenvalue weighted by atomic mass is 10.3. The lowest BCUT2D eigenvalue weighted by Gasteiger charge is -2.04. The Morgan fingerprint density at radius 2 is 2.08 bits per heavy atom. The van der Waals surface area contributed by atoms with Gasteiger partial charge in [-0.3, -0.25) is 4.84 Å². The van der Waals surface area contributed by atoms with Crippen molar-refractivity contribution in [3.63, 3.8) is 0 Å². The van der Waals surface area contributed by atoms with Crippen LogP contribution in [0.1, 0.15) is 6.92 Å². The van der Waals surface area contributed by atoms with E-state index in [9.17, 15) is 4.79 Å². The molecule has 70 valence electrons. The van der Waals surface area contributed by atoms with Crippen LogP contribution in [0.3, 0.4) is 0 Å². The monoisotopic (exact) mass is 181 g/mol. The summed E-state index contributed by atoms with van der Waals surface area (Å²) in [6, 6.07) is 8.77. The molecule has 4 heteroatoms. The Morgan fingerprint density at radius 3 is 2.69 bits per heavy atom. The van der Waals surface area contributed by atoms with Crippen LogP contribution < -0.4 is 10.2 Å². The van der Waals surface area contributed by atoms with Crippen LogP contribution in [0.15, 0.2) is 30.3 Å². The van der Waals surface area contributed by atoms with Gasteiger partial charge < -0.3 is 4.74 Å². The molecule has 0 fully saturated rings. The minimum Gasteiger partial charge on any atom is -0.409 e. The fourth-order valence-electron chi connectivity index (χ4n) is 0.748. The van der Waals surface area contributed by atoms with Gasteiger partial charge >= 0.3 is 6.09 Å². The molecular formula is C9H11NO3. The Balaban J connectivity index is 2.37. The highest BCUT2D eigenvalue weighted by atomic mass is 16.7. The SMILES string of the molecule is CCONC(=O)Oc1ccccc1. The number of carbonyl (C=O) groups excluding carboxylic acids is 1. The molecule has 0 bridgehead atoms. The van der Waals surface area contributed by atoms with E-state index in [1.165, 1.54) is 0 Å². The van der Waals surface area contributed by atoms with Crippen molar-refractivity contribution in [1.29, 1.82) is 0 Å². The number of benzene rings is 1. The molecule has 4 nitrogen and oxygen atoms in total. The van der Waals surface area contributed by atoms with E-state index in [0.717, 1.165) is 0 Å². The van der Waals surface area contributed by atoms with Crippen LogP contribution in [-0.2, 0) is 4.84 Å². The minimum absolute atomic E-state index is 0.407. The van der Waals surface area contributed by atoms with Gasteiger partial charge in [-0.05, 0) is 19.1 Å². The smallest absolute Gasteiger partial charge is 0.409 e. The molecule has 1 amide bonds. The van der Waals surface area contributed by atoms with Gasteiger partial charge in [0.15, 0.2) is 0 Å². The molecule has 1 rings (SSSR count). The molecule has 0 unspecified atom stereocenters. The topological polar surface area (TPSA) is 47.6 Å². The summed E-state index contributed by atoms with van der Waals surface area (Å²) in [6.07, 6.45) is -0.618. The first-order valence-electron chi connectivity index (χ1n) is 3.97. The summed E-state index contributed by atoms with van der Waals surface area (Å²) in [6.45, 7) is 2.17. The Morgan fingerprint density at radius 1 is 1.38 bits per heavy atom. The Bertz CT molecular complexity index is 261. The van der Waals surface area contributed by atoms with E-state index in [1.54, 1.807) is 31.2 Å². The molecule has 0 aliphatic rings. The summed E-state index contributed by atoms with van der Waals surface area (Å²) in [7, 11) is 0. The third-order valence-corrected chi connectivity index (χ3v) is 1.25. The molecule has 0 saturated carbocycles. The van der Waals surface area contributed by atoms with E-state index in [1.807, 2.05) is 6.07 Å². The van der Waals surface area contributed by atoms with Gasteiger partial charge in [-0.2, -0.15) is 5.48 Å². The van der Waals surface area contributed by atoms with E-state index < -0.39 is 6.09 Å². The first-order valence-corrected chi connectivity index (χ1v) is 3.97. The normalized spacial score (nSPS) is 9.31. The second-order valence-electron chi connectivity index (χ2n) is 2.24. The van der Waals surface area contributed by atoms with Crippen molar-refractivity contribution in [3.8, 4) is 5.75 Å². The average Bonchev–Trinajstić information content (AvgIpc) is 2.16. The molecule has 0 aromatic heterocycles. The third kappa shape index (κ3) is 3.57. The number of nitrogens with one attached hydrogen (secondary N) is 1. The van der Waals surface area contributed by atoms with Crippen LogP contribution in [-0.4, -0.2) is 12.7 Å². The van der Waals surface area contributed by atoms with Crippen LogP contribution in [0, 0.1) is 0 Å². The second kappa shape index (κ2) is 5.16. The second-order valence-corrected chi connectivity index (χ2v) is 2.24. The summed E-state index contributed by atoms with van der Waals surface area (Å²) in [5.74, 6) is 0.486. The van der Waals surface area contributed by atoms with Crippen LogP contribution in [0.5, 0.6) is 5.75 Å². The van der Waals surface area contributed by atoms with Gasteiger partial charge in [0.1, 0.15) is 5.75 Å². The molecule has 0 aliphatic carbocycles. The molecule has 1 N–H and O–H groups in total. The lowest BCUT2D eigenvalue weighted by molar-refractivity contribution is 0.0535. The number of hydroxylamine groups is 1. The predicted molar refractivity (Wildman–Crippen MR) is 47.2 cm³/mol. The Kier molecular flexibility index (Phi) is 3.78. The number of hydrogen-bond donors (Lipinski definition) is 1. The van der Waals surface area contributed by atoms with Gasteiger partial charge in [-0.1, -0.05) is 18.2 Å². The third-order valence-electron chi connectivity index (χ3n) is 1.25. The van der Waals surface area contributed by atoms with Gasteiger partial charge in [-0.15, -0.1) is 0 Å². The van der Waals surface area contributed by atoms with Crippen LogP contribution in [0.2, 0.25) is 0 Å². The van der Waals surface area contributed by atoms with Gasteiger partial charge in [-0.25, -0.2) is 4.79 Å². The minimum atomic E-state index is -0.618. The molecule has 0 heterocycles. The maximum Gasteiger partial charge on any atom is 0.436 e. The molecule has 13 heavy (non-hydrogen) atoms. The number of carbonyl (C=O) groups is 1. The standard InChI is InChI=1S/C9H11NO3/c1-2-12-10-9(11)13-8-6-4-3-5-7-8/h3-7H,2H2,1H3,(H,10,11). The maximum atomic E-state index is 10.9. The summed E-state index contributed by atoms with van der Waals surface area (Å²) in [5.41, 5.74) is 2.12. The van der Waals surface area contributed by atoms with Crippen molar-refractivity contribution in [2.45, 2.75) is 6.92 Å². The van der Waals surface area contributed by atoms with Crippen molar-refractivity contribution in [3.05, 3.63) is 30.3 Å². The molecule has 0 spiro atoms. The summed E-state index contributed by atoms with van der Waals surface area (Å²) >= 11 is 0. The van der Waals surface area contributed by atoms with Crippen molar-refractivity contribution >= 4 is 6.09 Å². The van der Waals surface area contributed by atoms with Crippen LogP contribution in [0.25, 0.3) is 0 Å². The lowest BCUT2D eigenvalue weighted by Crippen LogP contribution is -2.26. The van der Waals surface area contributed by atoms with E-state index in [-0.39, 0.29) is 0 Å². The zero-order chi connectivity index (χ0) is 9.52. The van der Waals surface area contributed by atoms with Crippen molar-refractivity contribution in [2.75, 3.05) is 6.61 Å².